The van der Waals surface area contributed by atoms with E-state index in [2.05, 4.69) is 18.5 Å². The van der Waals surface area contributed by atoms with Gasteiger partial charge in [0.05, 0.1) is 0 Å². The first kappa shape index (κ1) is 14.1. The van der Waals surface area contributed by atoms with Crippen molar-refractivity contribution in [2.75, 3.05) is 13.1 Å². The van der Waals surface area contributed by atoms with Crippen molar-refractivity contribution in [2.24, 2.45) is 0 Å². The van der Waals surface area contributed by atoms with Crippen LogP contribution in [-0.2, 0) is 4.57 Å². The van der Waals surface area contributed by atoms with Gasteiger partial charge in [0.15, 0.2) is 0 Å². The molecule has 0 aliphatic rings. The molecule has 12 heavy (non-hydrogen) atoms. The third-order valence-electron chi connectivity index (χ3n) is 0.577. The summed E-state index contributed by atoms with van der Waals surface area (Å²) in [6.07, 6.45) is 3.65. The molecule has 0 spiro atoms. The Kier molecular flexibility index (Phi) is 10.2. The van der Waals surface area contributed by atoms with Gasteiger partial charge in [-0.05, 0) is 0 Å². The van der Waals surface area contributed by atoms with Gasteiger partial charge in [0.25, 0.3) is 0 Å². The van der Waals surface area contributed by atoms with Gasteiger partial charge in [0.1, 0.15) is 0 Å². The Labute approximate surface area is 71.7 Å². The number of phosphoric acid groups is 1. The van der Waals surface area contributed by atoms with Crippen molar-refractivity contribution in [3.8, 4) is 0 Å². The summed E-state index contributed by atoms with van der Waals surface area (Å²) in [6.45, 7) is 8.81. The molecule has 0 aromatic heterocycles. The summed E-state index contributed by atoms with van der Waals surface area (Å²) in [5, 5.41) is 3.05. The highest BCUT2D eigenvalue weighted by atomic mass is 31.2. The number of hydrogen-bond donors (Lipinski definition) is 4. The lowest BCUT2D eigenvalue weighted by atomic mass is 10.5. The van der Waals surface area contributed by atoms with Gasteiger partial charge in [0.2, 0.25) is 0 Å². The van der Waals surface area contributed by atoms with Crippen molar-refractivity contribution >= 4 is 7.82 Å². The van der Waals surface area contributed by atoms with Crippen molar-refractivity contribution < 1.29 is 19.2 Å². The molecule has 4 N–H and O–H groups in total. The summed E-state index contributed by atoms with van der Waals surface area (Å²) in [6, 6.07) is 0. The Balaban J connectivity index is 0. The molecule has 5 nitrogen and oxygen atoms in total. The highest BCUT2D eigenvalue weighted by Crippen LogP contribution is 2.25. The molecule has 0 aliphatic heterocycles. The predicted octanol–water partition coefficient (Wildman–Crippen LogP) is 0.0194. The quantitative estimate of drug-likeness (QED) is 0.288. The smallest absolute Gasteiger partial charge is 0.310 e. The molecular weight excluding hydrogens is 181 g/mol. The van der Waals surface area contributed by atoms with E-state index in [4.69, 9.17) is 19.2 Å². The normalized spacial score (nSPS) is 9.58. The molecule has 0 atom stereocenters. The molecule has 6 heteroatoms. The first-order valence-electron chi connectivity index (χ1n) is 3.12. The molecule has 0 amide bonds. The molecule has 0 bridgehead atoms. The fraction of sp³-hybridized carbons (Fsp3) is 0.333. The molecule has 0 aromatic rings. The topological polar surface area (TPSA) is 89.8 Å². The van der Waals surface area contributed by atoms with Crippen molar-refractivity contribution in [2.45, 2.75) is 0 Å². The van der Waals surface area contributed by atoms with Crippen molar-refractivity contribution in [3.05, 3.63) is 25.3 Å². The maximum absolute atomic E-state index is 8.88. The van der Waals surface area contributed by atoms with Crippen LogP contribution in [0.25, 0.3) is 0 Å². The number of nitrogens with one attached hydrogen (secondary N) is 1. The standard InChI is InChI=1S/C6H11N.H3O4P/c1-3-5-7-6-4-2;1-5(2,3)4/h3-4,7H,1-2,5-6H2;(H3,1,2,3,4). The van der Waals surface area contributed by atoms with Crippen molar-refractivity contribution in [1.29, 1.82) is 0 Å². The van der Waals surface area contributed by atoms with E-state index >= 15 is 0 Å². The minimum absolute atomic E-state index is 0.867. The number of rotatable bonds is 4. The second kappa shape index (κ2) is 8.64. The summed E-state index contributed by atoms with van der Waals surface area (Å²) < 4.78 is 8.88. The zero-order chi connectivity index (χ0) is 10.0. The first-order chi connectivity index (χ1) is 5.41. The molecule has 0 radical (unpaired) electrons. The van der Waals surface area contributed by atoms with Gasteiger partial charge in [0, 0.05) is 13.1 Å². The first-order valence-corrected chi connectivity index (χ1v) is 4.69. The molecular formula is C6H14NO4P. The maximum Gasteiger partial charge on any atom is 0.466 e. The Bertz CT molecular complexity index is 149. The van der Waals surface area contributed by atoms with Crippen molar-refractivity contribution in [3.63, 3.8) is 0 Å². The van der Waals surface area contributed by atoms with Gasteiger partial charge in [-0.3, -0.25) is 0 Å². The lowest BCUT2D eigenvalue weighted by molar-refractivity contribution is 0.275. The van der Waals surface area contributed by atoms with Crippen LogP contribution in [0.2, 0.25) is 0 Å². The second-order valence-electron chi connectivity index (χ2n) is 1.75. The third-order valence-corrected chi connectivity index (χ3v) is 0.577. The van der Waals surface area contributed by atoms with E-state index in [1.807, 2.05) is 12.2 Å². The Morgan fingerprint density at radius 3 is 1.58 bits per heavy atom. The van der Waals surface area contributed by atoms with Crippen LogP contribution in [0.1, 0.15) is 0 Å². The van der Waals surface area contributed by atoms with E-state index in [9.17, 15) is 0 Å². The summed E-state index contributed by atoms with van der Waals surface area (Å²) in [5.41, 5.74) is 0. The lowest BCUT2D eigenvalue weighted by Gasteiger charge is -1.90. The second-order valence-corrected chi connectivity index (χ2v) is 2.78. The monoisotopic (exact) mass is 195 g/mol. The minimum Gasteiger partial charge on any atom is -0.310 e. The Hall–Kier alpha value is -0.450. The third kappa shape index (κ3) is 55.4. The van der Waals surface area contributed by atoms with Crippen LogP contribution in [0.3, 0.4) is 0 Å². The highest BCUT2D eigenvalue weighted by molar-refractivity contribution is 7.45. The van der Waals surface area contributed by atoms with Gasteiger partial charge in [-0.15, -0.1) is 13.2 Å². The van der Waals surface area contributed by atoms with Crippen LogP contribution in [0, 0.1) is 0 Å². The van der Waals surface area contributed by atoms with E-state index in [1.165, 1.54) is 0 Å². The van der Waals surface area contributed by atoms with E-state index in [-0.39, 0.29) is 0 Å². The number of hydrogen-bond acceptors (Lipinski definition) is 2. The zero-order valence-electron chi connectivity index (χ0n) is 6.68. The molecule has 0 fully saturated rings. The minimum atomic E-state index is -4.64. The Morgan fingerprint density at radius 2 is 1.42 bits per heavy atom. The van der Waals surface area contributed by atoms with Crippen LogP contribution in [-0.4, -0.2) is 27.8 Å². The summed E-state index contributed by atoms with van der Waals surface area (Å²) >= 11 is 0. The summed E-state index contributed by atoms with van der Waals surface area (Å²) in [4.78, 5) is 21.6. The average molecular weight is 195 g/mol. The SMILES string of the molecule is C=CCNCC=C.O=P(O)(O)O. The molecule has 72 valence electrons. The molecule has 0 unspecified atom stereocenters. The molecule has 0 heterocycles. The fourth-order valence-corrected chi connectivity index (χ4v) is 0.287. The van der Waals surface area contributed by atoms with Crippen LogP contribution in [0.15, 0.2) is 25.3 Å². The van der Waals surface area contributed by atoms with Crippen LogP contribution in [0.4, 0.5) is 0 Å². The summed E-state index contributed by atoms with van der Waals surface area (Å²) in [5.74, 6) is 0. The van der Waals surface area contributed by atoms with E-state index in [0.29, 0.717) is 0 Å². The van der Waals surface area contributed by atoms with Crippen molar-refractivity contribution in [1.82, 2.24) is 5.32 Å². The van der Waals surface area contributed by atoms with Gasteiger partial charge < -0.3 is 20.0 Å². The molecule has 0 saturated carbocycles. The van der Waals surface area contributed by atoms with E-state index in [0.717, 1.165) is 13.1 Å². The lowest BCUT2D eigenvalue weighted by Crippen LogP contribution is -2.11. The van der Waals surface area contributed by atoms with Gasteiger partial charge in [-0.2, -0.15) is 0 Å². The Morgan fingerprint density at radius 1 is 1.17 bits per heavy atom. The maximum atomic E-state index is 8.88. The van der Waals surface area contributed by atoms with Crippen LogP contribution >= 0.6 is 7.82 Å². The van der Waals surface area contributed by atoms with Crippen LogP contribution < -0.4 is 5.32 Å². The van der Waals surface area contributed by atoms with Gasteiger partial charge >= 0.3 is 7.82 Å². The van der Waals surface area contributed by atoms with Gasteiger partial charge in [-0.25, -0.2) is 4.57 Å². The fourth-order valence-electron chi connectivity index (χ4n) is 0.287. The van der Waals surface area contributed by atoms with E-state index in [1.54, 1.807) is 0 Å². The predicted molar refractivity (Wildman–Crippen MR) is 47.5 cm³/mol. The largest absolute Gasteiger partial charge is 0.466 e. The van der Waals surface area contributed by atoms with Crippen LogP contribution in [0.5, 0.6) is 0 Å². The van der Waals surface area contributed by atoms with E-state index < -0.39 is 7.82 Å². The molecule has 0 aliphatic carbocycles. The molecule has 0 aromatic carbocycles. The molecule has 0 saturated heterocycles. The summed E-state index contributed by atoms with van der Waals surface area (Å²) in [7, 11) is -4.64. The zero-order valence-corrected chi connectivity index (χ0v) is 7.57. The highest BCUT2D eigenvalue weighted by Gasteiger charge is 2.00. The molecule has 0 rings (SSSR count). The van der Waals surface area contributed by atoms with Gasteiger partial charge in [-0.1, -0.05) is 12.2 Å². The average Bonchev–Trinajstić information content (AvgIpc) is 1.85.